The molecule has 0 unspecified atom stereocenters. The van der Waals surface area contributed by atoms with E-state index in [9.17, 15) is 19.4 Å². The van der Waals surface area contributed by atoms with Gasteiger partial charge >= 0.3 is 0 Å². The van der Waals surface area contributed by atoms with Crippen molar-refractivity contribution in [3.8, 4) is 0 Å². The Bertz CT molecular complexity index is 1070. The minimum absolute atomic E-state index is 0.0898. The number of nitrogens with two attached hydrogens (primary N) is 1. The summed E-state index contributed by atoms with van der Waals surface area (Å²) in [6, 6.07) is 7.18. The van der Waals surface area contributed by atoms with E-state index < -0.39 is 7.57 Å². The minimum atomic E-state index is -3.68. The molecule has 1 aromatic heterocycles. The summed E-state index contributed by atoms with van der Waals surface area (Å²) < 4.78 is 4.99. The fourth-order valence-electron chi connectivity index (χ4n) is 2.77. The minimum Gasteiger partial charge on any atom is -0.383 e. The zero-order valence-corrected chi connectivity index (χ0v) is 19.9. The van der Waals surface area contributed by atoms with Crippen LogP contribution in [-0.4, -0.2) is 49.1 Å². The molecule has 1 amide bonds. The molecule has 2 rings (SSSR count). The van der Waals surface area contributed by atoms with E-state index >= 15 is 0 Å². The van der Waals surface area contributed by atoms with Gasteiger partial charge in [-0.1, -0.05) is 24.3 Å². The van der Waals surface area contributed by atoms with Gasteiger partial charge in [0.1, 0.15) is 11.6 Å². The van der Waals surface area contributed by atoms with Crippen LogP contribution in [-0.2, 0) is 15.9 Å². The molecule has 32 heavy (non-hydrogen) atoms. The Kier molecular flexibility index (Phi) is 9.18. The molecule has 0 fully saturated rings. The van der Waals surface area contributed by atoms with Crippen LogP contribution in [0.15, 0.2) is 41.1 Å². The second-order valence-electron chi connectivity index (χ2n) is 7.02. The lowest BCUT2D eigenvalue weighted by molar-refractivity contribution is -0.116. The van der Waals surface area contributed by atoms with Crippen LogP contribution in [0.5, 0.6) is 0 Å². The number of thioether (sulfide) groups is 1. The zero-order chi connectivity index (χ0) is 23.9. The predicted molar refractivity (Wildman–Crippen MR) is 128 cm³/mol. The Morgan fingerprint density at radius 3 is 2.62 bits per heavy atom. The van der Waals surface area contributed by atoms with Gasteiger partial charge in [0, 0.05) is 34.3 Å². The first-order valence-electron chi connectivity index (χ1n) is 9.62. The summed E-state index contributed by atoms with van der Waals surface area (Å²) in [7, 11) is -3.68. The molecule has 1 aromatic carbocycles. The van der Waals surface area contributed by atoms with Gasteiger partial charge in [0.05, 0.1) is 13.2 Å². The Morgan fingerprint density at radius 2 is 2.03 bits per heavy atom. The van der Waals surface area contributed by atoms with E-state index in [0.717, 1.165) is 17.3 Å². The number of nitrogens with zero attached hydrogens (tertiary/aromatic N) is 3. The number of carbonyl (C=O) groups excluding carboxylic acids is 2. The molecular formula is C21H27N4O5PS. The highest BCUT2D eigenvalue weighted by atomic mass is 32.2. The molecule has 11 heteroatoms. The van der Waals surface area contributed by atoms with E-state index in [2.05, 4.69) is 16.3 Å². The third-order valence-electron chi connectivity index (χ3n) is 4.53. The molecule has 0 saturated heterocycles. The zero-order valence-electron chi connectivity index (χ0n) is 18.2. The highest BCUT2D eigenvalue weighted by Gasteiger charge is 2.19. The van der Waals surface area contributed by atoms with Crippen LogP contribution >= 0.6 is 19.3 Å². The van der Waals surface area contributed by atoms with E-state index in [4.69, 9.17) is 10.3 Å². The molecule has 0 spiro atoms. The first-order valence-corrected chi connectivity index (χ1v) is 12.2. The topological polar surface area (TPSA) is 139 Å². The first kappa shape index (κ1) is 25.8. The monoisotopic (exact) mass is 478 g/mol. The van der Waals surface area contributed by atoms with Crippen molar-refractivity contribution < 1.29 is 23.9 Å². The number of allylic oxidation sites excluding steroid dienone is 1. The second-order valence-corrected chi connectivity index (χ2v) is 9.68. The number of rotatable bonds is 10. The fraction of sp³-hybridized carbons (Fsp3) is 0.286. The lowest BCUT2D eigenvalue weighted by Gasteiger charge is -2.22. The van der Waals surface area contributed by atoms with E-state index in [0.29, 0.717) is 34.0 Å². The molecule has 172 valence electrons. The highest BCUT2D eigenvalue weighted by Crippen LogP contribution is 2.37. The number of aryl methyl sites for hydroxylation is 2. The molecule has 0 atom stereocenters. The Morgan fingerprint density at radius 1 is 1.34 bits per heavy atom. The fourth-order valence-corrected chi connectivity index (χ4v) is 4.17. The molecule has 9 nitrogen and oxygen atoms in total. The molecule has 4 N–H and O–H groups in total. The van der Waals surface area contributed by atoms with Crippen molar-refractivity contribution in [3.63, 3.8) is 0 Å². The molecular weight excluding hydrogens is 451 g/mol. The van der Waals surface area contributed by atoms with E-state index in [1.807, 2.05) is 19.1 Å². The van der Waals surface area contributed by atoms with Crippen LogP contribution in [0.4, 0.5) is 5.82 Å². The van der Waals surface area contributed by atoms with Gasteiger partial charge in [-0.2, -0.15) is 0 Å². The predicted octanol–water partition coefficient (Wildman–Crippen LogP) is 3.03. The summed E-state index contributed by atoms with van der Waals surface area (Å²) >= 11 is 0.958. The third kappa shape index (κ3) is 7.58. The lowest BCUT2D eigenvalue weighted by Crippen LogP contribution is -2.22. The lowest BCUT2D eigenvalue weighted by atomic mass is 10.1. The van der Waals surface area contributed by atoms with Crippen LogP contribution in [0, 0.1) is 13.8 Å². The van der Waals surface area contributed by atoms with Crippen molar-refractivity contribution in [1.29, 1.82) is 0 Å². The molecule has 0 radical (unpaired) electrons. The normalized spacial score (nSPS) is 12.3. The van der Waals surface area contributed by atoms with Gasteiger partial charge in [-0.25, -0.2) is 9.97 Å². The van der Waals surface area contributed by atoms with E-state index in [-0.39, 0.29) is 30.5 Å². The van der Waals surface area contributed by atoms with Crippen molar-refractivity contribution in [2.75, 3.05) is 12.3 Å². The number of amides is 1. The molecule has 0 saturated carbocycles. The van der Waals surface area contributed by atoms with Gasteiger partial charge in [0.2, 0.25) is 19.1 Å². The van der Waals surface area contributed by atoms with Gasteiger partial charge in [0.25, 0.3) is 0 Å². The van der Waals surface area contributed by atoms with E-state index in [1.54, 1.807) is 32.2 Å². The van der Waals surface area contributed by atoms with Crippen LogP contribution in [0.25, 0.3) is 0 Å². The van der Waals surface area contributed by atoms with Gasteiger partial charge in [0.15, 0.2) is 0 Å². The van der Waals surface area contributed by atoms with Crippen molar-refractivity contribution in [1.82, 2.24) is 14.9 Å². The van der Waals surface area contributed by atoms with E-state index in [1.165, 1.54) is 4.90 Å². The van der Waals surface area contributed by atoms with Crippen LogP contribution < -0.4 is 5.73 Å². The van der Waals surface area contributed by atoms with Crippen LogP contribution in [0.1, 0.15) is 40.7 Å². The molecule has 0 aliphatic heterocycles. The summed E-state index contributed by atoms with van der Waals surface area (Å²) in [6.07, 6.45) is 5.52. The average Bonchev–Trinajstić information content (AvgIpc) is 2.71. The van der Waals surface area contributed by atoms with Gasteiger partial charge < -0.3 is 24.9 Å². The Labute approximate surface area is 191 Å². The number of benzene rings is 1. The average molecular weight is 479 g/mol. The van der Waals surface area contributed by atoms with Crippen LogP contribution in [0.2, 0.25) is 0 Å². The Hall–Kier alpha value is -2.49. The summed E-state index contributed by atoms with van der Waals surface area (Å²) in [5.74, 6) is 0.777. The smallest absolute Gasteiger partial charge is 0.245 e. The maximum atomic E-state index is 12.9. The van der Waals surface area contributed by atoms with Gasteiger partial charge in [-0.3, -0.25) is 9.59 Å². The first-order chi connectivity index (χ1) is 15.0. The number of aromatic nitrogens is 2. The molecule has 0 aliphatic rings. The maximum absolute atomic E-state index is 12.9. The number of hydrogen-bond acceptors (Lipinski definition) is 9. The van der Waals surface area contributed by atoms with Gasteiger partial charge in [-0.15, -0.1) is 0 Å². The maximum Gasteiger partial charge on any atom is 0.245 e. The van der Waals surface area contributed by atoms with Crippen LogP contribution in [0.3, 0.4) is 0 Å². The van der Waals surface area contributed by atoms with Crippen molar-refractivity contribution >= 4 is 43.0 Å². The second kappa shape index (κ2) is 11.4. The standard InChI is InChI=1S/C21H27N4O5PS/c1-14-7-5-6-8-18(14)21(27)32-19(9-10-30-31(4,28)29)15(2)25(13-26)12-17-11-23-16(3)24-20(17)22/h5-8,11,13,28-29H,4,9-10,12H2,1-3H3,(H2,22,23,24)/b19-15-. The number of nitrogen functional groups attached to an aromatic ring is 1. The van der Waals surface area contributed by atoms with Gasteiger partial charge in [-0.05, 0) is 44.4 Å². The van der Waals surface area contributed by atoms with Crippen molar-refractivity contribution in [2.24, 2.45) is 0 Å². The Balaban J connectivity index is 2.34. The summed E-state index contributed by atoms with van der Waals surface area (Å²) in [5.41, 5.74) is 8.38. The molecule has 0 aliphatic carbocycles. The summed E-state index contributed by atoms with van der Waals surface area (Å²) in [4.78, 5) is 53.8. The number of hydrogen-bond donors (Lipinski definition) is 3. The SMILES string of the molecule is C=P(O)(O)OCC/C(SC(=O)c1ccccc1C)=C(\C)N(C=O)Cc1cnc(C)nc1N. The summed E-state index contributed by atoms with van der Waals surface area (Å²) in [6.45, 7) is 5.26. The third-order valence-corrected chi connectivity index (χ3v) is 6.28. The molecule has 0 bridgehead atoms. The largest absolute Gasteiger partial charge is 0.383 e. The van der Waals surface area contributed by atoms with Crippen molar-refractivity contribution in [3.05, 3.63) is 63.6 Å². The number of carbonyl (C=O) groups is 2. The molecule has 2 aromatic rings. The highest BCUT2D eigenvalue weighted by molar-refractivity contribution is 8.17. The molecule has 1 heterocycles. The summed E-state index contributed by atoms with van der Waals surface area (Å²) in [5, 5.41) is -0.204. The quantitative estimate of drug-likeness (QED) is 0.347. The number of anilines is 1. The van der Waals surface area contributed by atoms with Crippen molar-refractivity contribution in [2.45, 2.75) is 33.7 Å².